The summed E-state index contributed by atoms with van der Waals surface area (Å²) in [7, 11) is 0. The first-order valence-corrected chi connectivity index (χ1v) is 6.53. The van der Waals surface area contributed by atoms with E-state index >= 15 is 0 Å². The quantitative estimate of drug-likeness (QED) is 0.739. The molecule has 0 aliphatic carbocycles. The fourth-order valence-corrected chi connectivity index (χ4v) is 2.48. The first-order chi connectivity index (χ1) is 9.25. The second kappa shape index (κ2) is 5.01. The van der Waals surface area contributed by atoms with E-state index < -0.39 is 0 Å². The minimum Gasteiger partial charge on any atom is -0.378 e. The number of rotatable bonds is 2. The molecule has 0 spiro atoms. The molecule has 2 aliphatic heterocycles. The van der Waals surface area contributed by atoms with E-state index in [1.54, 1.807) is 4.90 Å². The predicted molar refractivity (Wildman–Crippen MR) is 71.5 cm³/mol. The number of morpholine rings is 1. The van der Waals surface area contributed by atoms with Crippen LogP contribution in [0.3, 0.4) is 0 Å². The third-order valence-corrected chi connectivity index (χ3v) is 3.58. The van der Waals surface area contributed by atoms with Crippen molar-refractivity contribution in [1.82, 2.24) is 0 Å². The van der Waals surface area contributed by atoms with E-state index in [2.05, 4.69) is 4.90 Å². The Morgan fingerprint density at radius 3 is 2.11 bits per heavy atom. The van der Waals surface area contributed by atoms with Gasteiger partial charge in [-0.15, -0.1) is 0 Å². The SMILES string of the molecule is O=C1CCN(c2ccc(N3CCOCC3)cc2)C1=O. The molecule has 5 nitrogen and oxygen atoms in total. The van der Waals surface area contributed by atoms with E-state index in [-0.39, 0.29) is 11.7 Å². The molecule has 1 aromatic rings. The molecule has 1 aromatic carbocycles. The van der Waals surface area contributed by atoms with Crippen LogP contribution in [-0.4, -0.2) is 44.5 Å². The molecule has 100 valence electrons. The lowest BCUT2D eigenvalue weighted by Crippen LogP contribution is -2.36. The molecule has 2 fully saturated rings. The van der Waals surface area contributed by atoms with Crippen molar-refractivity contribution in [2.75, 3.05) is 42.6 Å². The Balaban J connectivity index is 1.75. The summed E-state index contributed by atoms with van der Waals surface area (Å²) in [6, 6.07) is 7.80. The lowest BCUT2D eigenvalue weighted by molar-refractivity contribution is -0.133. The minimum absolute atomic E-state index is 0.294. The van der Waals surface area contributed by atoms with Crippen LogP contribution in [-0.2, 0) is 14.3 Å². The van der Waals surface area contributed by atoms with Crippen LogP contribution in [0, 0.1) is 0 Å². The van der Waals surface area contributed by atoms with Crippen LogP contribution in [0.5, 0.6) is 0 Å². The Kier molecular flexibility index (Phi) is 3.21. The summed E-state index contributed by atoms with van der Waals surface area (Å²) in [4.78, 5) is 26.7. The zero-order valence-electron chi connectivity index (χ0n) is 10.7. The van der Waals surface area contributed by atoms with Gasteiger partial charge in [0.25, 0.3) is 5.91 Å². The summed E-state index contributed by atoms with van der Waals surface area (Å²) >= 11 is 0. The lowest BCUT2D eigenvalue weighted by Gasteiger charge is -2.29. The van der Waals surface area contributed by atoms with Gasteiger partial charge in [0.15, 0.2) is 0 Å². The van der Waals surface area contributed by atoms with E-state index in [1.807, 2.05) is 24.3 Å². The van der Waals surface area contributed by atoms with Crippen LogP contribution in [0.1, 0.15) is 6.42 Å². The number of nitrogens with zero attached hydrogens (tertiary/aromatic N) is 2. The normalized spacial score (nSPS) is 20.2. The van der Waals surface area contributed by atoms with Crippen LogP contribution in [0.2, 0.25) is 0 Å². The molecule has 2 saturated heterocycles. The van der Waals surface area contributed by atoms with Crippen LogP contribution < -0.4 is 9.80 Å². The Hall–Kier alpha value is -1.88. The highest BCUT2D eigenvalue weighted by molar-refractivity contribution is 6.43. The molecular weight excluding hydrogens is 244 g/mol. The summed E-state index contributed by atoms with van der Waals surface area (Å²) in [6.45, 7) is 3.78. The number of benzene rings is 1. The molecule has 0 unspecified atom stereocenters. The molecular formula is C14H16N2O3. The van der Waals surface area contributed by atoms with Gasteiger partial charge in [-0.1, -0.05) is 0 Å². The van der Waals surface area contributed by atoms with Crippen molar-refractivity contribution in [3.63, 3.8) is 0 Å². The molecule has 0 bridgehead atoms. The maximum Gasteiger partial charge on any atom is 0.294 e. The topological polar surface area (TPSA) is 49.9 Å². The van der Waals surface area contributed by atoms with Gasteiger partial charge in [0.05, 0.1) is 13.2 Å². The zero-order valence-corrected chi connectivity index (χ0v) is 10.7. The van der Waals surface area contributed by atoms with Crippen molar-refractivity contribution in [2.24, 2.45) is 0 Å². The molecule has 0 saturated carbocycles. The van der Waals surface area contributed by atoms with Crippen molar-refractivity contribution < 1.29 is 14.3 Å². The van der Waals surface area contributed by atoms with Crippen LogP contribution >= 0.6 is 0 Å². The monoisotopic (exact) mass is 260 g/mol. The van der Waals surface area contributed by atoms with E-state index in [9.17, 15) is 9.59 Å². The second-order valence-electron chi connectivity index (χ2n) is 4.75. The van der Waals surface area contributed by atoms with Gasteiger partial charge >= 0.3 is 0 Å². The Morgan fingerprint density at radius 2 is 1.53 bits per heavy atom. The molecule has 19 heavy (non-hydrogen) atoms. The van der Waals surface area contributed by atoms with Gasteiger partial charge in [0.1, 0.15) is 0 Å². The highest BCUT2D eigenvalue weighted by Crippen LogP contribution is 2.24. The molecule has 0 N–H and O–H groups in total. The van der Waals surface area contributed by atoms with Gasteiger partial charge in [0, 0.05) is 37.4 Å². The first-order valence-electron chi connectivity index (χ1n) is 6.53. The number of amides is 1. The molecule has 5 heteroatoms. The largest absolute Gasteiger partial charge is 0.378 e. The highest BCUT2D eigenvalue weighted by atomic mass is 16.5. The maximum atomic E-state index is 11.6. The molecule has 2 heterocycles. The smallest absolute Gasteiger partial charge is 0.294 e. The average Bonchev–Trinajstić information content (AvgIpc) is 2.80. The predicted octanol–water partition coefficient (Wildman–Crippen LogP) is 0.829. The molecule has 0 aromatic heterocycles. The van der Waals surface area contributed by atoms with Crippen LogP contribution in [0.25, 0.3) is 0 Å². The summed E-state index contributed by atoms with van der Waals surface area (Å²) in [6.07, 6.45) is 0.323. The summed E-state index contributed by atoms with van der Waals surface area (Å²) in [5, 5.41) is 0. The number of ether oxygens (including phenoxy) is 1. The maximum absolute atomic E-state index is 11.6. The Morgan fingerprint density at radius 1 is 0.895 bits per heavy atom. The Labute approximate surface area is 111 Å². The molecule has 0 atom stereocenters. The number of ketones is 1. The lowest BCUT2D eigenvalue weighted by atomic mass is 10.2. The van der Waals surface area contributed by atoms with Gasteiger partial charge in [-0.3, -0.25) is 9.59 Å². The molecule has 3 rings (SSSR count). The standard InChI is InChI=1S/C14H16N2O3/c17-13-5-6-16(14(13)18)12-3-1-11(2-4-12)15-7-9-19-10-8-15/h1-4H,5-10H2. The van der Waals surface area contributed by atoms with Gasteiger partial charge in [0.2, 0.25) is 5.78 Å². The minimum atomic E-state index is -0.390. The highest BCUT2D eigenvalue weighted by Gasteiger charge is 2.30. The first kappa shape index (κ1) is 12.2. The van der Waals surface area contributed by atoms with Gasteiger partial charge in [-0.2, -0.15) is 0 Å². The van der Waals surface area contributed by atoms with Gasteiger partial charge in [-0.05, 0) is 24.3 Å². The van der Waals surface area contributed by atoms with Crippen molar-refractivity contribution in [3.8, 4) is 0 Å². The van der Waals surface area contributed by atoms with E-state index in [0.717, 1.165) is 37.7 Å². The molecule has 1 amide bonds. The zero-order chi connectivity index (χ0) is 13.2. The van der Waals surface area contributed by atoms with E-state index in [4.69, 9.17) is 4.74 Å². The van der Waals surface area contributed by atoms with Crippen molar-refractivity contribution in [1.29, 1.82) is 0 Å². The van der Waals surface area contributed by atoms with Gasteiger partial charge in [-0.25, -0.2) is 0 Å². The number of hydrogen-bond acceptors (Lipinski definition) is 4. The molecule has 2 aliphatic rings. The number of anilines is 2. The number of carbonyl (C=O) groups excluding carboxylic acids is 2. The molecule has 0 radical (unpaired) electrons. The van der Waals surface area contributed by atoms with Crippen molar-refractivity contribution >= 4 is 23.1 Å². The van der Waals surface area contributed by atoms with Crippen molar-refractivity contribution in [2.45, 2.75) is 6.42 Å². The Bertz CT molecular complexity index is 492. The average molecular weight is 260 g/mol. The van der Waals surface area contributed by atoms with Crippen LogP contribution in [0.15, 0.2) is 24.3 Å². The third kappa shape index (κ3) is 2.33. The van der Waals surface area contributed by atoms with E-state index in [0.29, 0.717) is 13.0 Å². The third-order valence-electron chi connectivity index (χ3n) is 3.58. The summed E-state index contributed by atoms with van der Waals surface area (Å²) in [5.41, 5.74) is 1.93. The van der Waals surface area contributed by atoms with Crippen LogP contribution in [0.4, 0.5) is 11.4 Å². The fourth-order valence-electron chi connectivity index (χ4n) is 2.48. The summed E-state index contributed by atoms with van der Waals surface area (Å²) in [5.74, 6) is -0.684. The number of Topliss-reactive ketones (excluding diaryl/α,β-unsaturated/α-hetero) is 1. The number of hydrogen-bond donors (Lipinski definition) is 0. The van der Waals surface area contributed by atoms with Gasteiger partial charge < -0.3 is 14.5 Å². The fraction of sp³-hybridized carbons (Fsp3) is 0.429. The van der Waals surface area contributed by atoms with Crippen molar-refractivity contribution in [3.05, 3.63) is 24.3 Å². The number of carbonyl (C=O) groups is 2. The second-order valence-corrected chi connectivity index (χ2v) is 4.75. The summed E-state index contributed by atoms with van der Waals surface area (Å²) < 4.78 is 5.32. The van der Waals surface area contributed by atoms with E-state index in [1.165, 1.54) is 0 Å².